The van der Waals surface area contributed by atoms with E-state index in [-0.39, 0.29) is 22.9 Å². The van der Waals surface area contributed by atoms with Gasteiger partial charge in [-0.15, -0.1) is 0 Å². The lowest BCUT2D eigenvalue weighted by atomic mass is 9.93. The second-order valence-corrected chi connectivity index (χ2v) is 5.38. The number of fused-ring (bicyclic) bond motifs is 1. The Hall–Kier alpha value is -1.26. The Morgan fingerprint density at radius 3 is 2.80 bits per heavy atom. The Balaban J connectivity index is 2.50. The number of phenolic OH excluding ortho intramolecular Hbond substituents is 1. The van der Waals surface area contributed by atoms with Crippen LogP contribution in [0.4, 0.5) is 0 Å². The lowest BCUT2D eigenvalue weighted by Crippen LogP contribution is -2.18. The van der Waals surface area contributed by atoms with Crippen LogP contribution in [0.15, 0.2) is 6.07 Å². The van der Waals surface area contributed by atoms with Gasteiger partial charge in [-0.1, -0.05) is 18.0 Å². The van der Waals surface area contributed by atoms with Gasteiger partial charge < -0.3 is 14.9 Å². The third-order valence-corrected chi connectivity index (χ3v) is 3.94. The molecule has 2 N–H and O–H groups in total. The molecule has 1 atom stereocenters. The number of rotatable bonds is 3. The number of benzene rings is 1. The summed E-state index contributed by atoms with van der Waals surface area (Å²) in [5.74, 6) is -0.968. The molecule has 2 rings (SSSR count). The van der Waals surface area contributed by atoms with Gasteiger partial charge in [-0.25, -0.2) is 4.79 Å². The fraction of sp³-hybridized carbons (Fsp3) is 0.533. The van der Waals surface area contributed by atoms with Crippen LogP contribution in [-0.2, 0) is 22.4 Å². The fourth-order valence-corrected chi connectivity index (χ4v) is 2.93. The van der Waals surface area contributed by atoms with Crippen molar-refractivity contribution >= 4 is 17.6 Å². The molecule has 0 fully saturated rings. The first-order valence-electron chi connectivity index (χ1n) is 6.94. The molecule has 1 unspecified atom stereocenters. The van der Waals surface area contributed by atoms with Crippen LogP contribution in [0.3, 0.4) is 0 Å². The number of ether oxygens (including phenoxy) is 1. The Morgan fingerprint density at radius 1 is 1.40 bits per heavy atom. The molecule has 5 heteroatoms. The molecule has 0 radical (unpaired) electrons. The van der Waals surface area contributed by atoms with Gasteiger partial charge in [0.1, 0.15) is 5.75 Å². The number of esters is 1. The SMILES string of the molecule is CCOC(=O)C(O)c1c(O)c(Cl)cc2c1CCCCC2. The summed E-state index contributed by atoms with van der Waals surface area (Å²) in [5, 5.41) is 20.5. The highest BCUT2D eigenvalue weighted by atomic mass is 35.5. The van der Waals surface area contributed by atoms with E-state index in [4.69, 9.17) is 16.3 Å². The van der Waals surface area contributed by atoms with Crippen molar-refractivity contribution in [1.29, 1.82) is 0 Å². The fourth-order valence-electron chi connectivity index (χ4n) is 2.70. The zero-order valence-electron chi connectivity index (χ0n) is 11.5. The molecule has 0 saturated carbocycles. The van der Waals surface area contributed by atoms with Gasteiger partial charge in [-0.2, -0.15) is 0 Å². The van der Waals surface area contributed by atoms with Gasteiger partial charge in [0.15, 0.2) is 6.10 Å². The first kappa shape index (κ1) is 15.1. The number of hydrogen-bond acceptors (Lipinski definition) is 4. The van der Waals surface area contributed by atoms with Crippen molar-refractivity contribution in [2.45, 2.75) is 45.1 Å². The molecule has 0 spiro atoms. The van der Waals surface area contributed by atoms with Crippen molar-refractivity contribution in [2.75, 3.05) is 6.61 Å². The molecule has 1 aromatic rings. The molecule has 0 aliphatic heterocycles. The van der Waals surface area contributed by atoms with Crippen molar-refractivity contribution in [2.24, 2.45) is 0 Å². The molecule has 20 heavy (non-hydrogen) atoms. The van der Waals surface area contributed by atoms with E-state index in [9.17, 15) is 15.0 Å². The van der Waals surface area contributed by atoms with Crippen LogP contribution in [0.25, 0.3) is 0 Å². The Bertz CT molecular complexity index is 513. The molecule has 0 aromatic heterocycles. The van der Waals surface area contributed by atoms with E-state index in [1.807, 2.05) is 0 Å². The van der Waals surface area contributed by atoms with Gasteiger partial charge in [0.25, 0.3) is 0 Å². The number of phenols is 1. The van der Waals surface area contributed by atoms with Crippen molar-refractivity contribution in [1.82, 2.24) is 0 Å². The monoisotopic (exact) mass is 298 g/mol. The lowest BCUT2D eigenvalue weighted by molar-refractivity contribution is -0.153. The topological polar surface area (TPSA) is 66.8 Å². The van der Waals surface area contributed by atoms with E-state index in [0.29, 0.717) is 0 Å². The Kier molecular flexibility index (Phi) is 4.89. The molecular weight excluding hydrogens is 280 g/mol. The maximum atomic E-state index is 11.8. The van der Waals surface area contributed by atoms with Crippen LogP contribution >= 0.6 is 11.6 Å². The van der Waals surface area contributed by atoms with E-state index < -0.39 is 12.1 Å². The highest BCUT2D eigenvalue weighted by molar-refractivity contribution is 6.32. The summed E-state index contributed by atoms with van der Waals surface area (Å²) in [6.45, 7) is 1.85. The predicted octanol–water partition coefficient (Wildman–Crippen LogP) is 2.91. The number of aliphatic hydroxyl groups excluding tert-OH is 1. The van der Waals surface area contributed by atoms with Crippen molar-refractivity contribution in [3.05, 3.63) is 27.8 Å². The van der Waals surface area contributed by atoms with Gasteiger partial charge >= 0.3 is 5.97 Å². The third-order valence-electron chi connectivity index (χ3n) is 3.65. The van der Waals surface area contributed by atoms with E-state index in [1.54, 1.807) is 13.0 Å². The summed E-state index contributed by atoms with van der Waals surface area (Å²) in [7, 11) is 0. The average molecular weight is 299 g/mol. The highest BCUT2D eigenvalue weighted by Crippen LogP contribution is 2.39. The molecule has 1 aliphatic carbocycles. The quantitative estimate of drug-likeness (QED) is 0.665. The maximum absolute atomic E-state index is 11.8. The normalized spacial score (nSPS) is 16.1. The summed E-state index contributed by atoms with van der Waals surface area (Å²) in [4.78, 5) is 11.8. The number of hydrogen-bond donors (Lipinski definition) is 2. The molecule has 0 saturated heterocycles. The summed E-state index contributed by atoms with van der Waals surface area (Å²) < 4.78 is 4.83. The summed E-state index contributed by atoms with van der Waals surface area (Å²) >= 11 is 6.02. The summed E-state index contributed by atoms with van der Waals surface area (Å²) in [5.41, 5.74) is 2.06. The third kappa shape index (κ3) is 2.91. The lowest BCUT2D eigenvalue weighted by Gasteiger charge is -2.19. The first-order chi connectivity index (χ1) is 9.56. The number of aromatic hydroxyl groups is 1. The number of aliphatic hydroxyl groups is 1. The first-order valence-corrected chi connectivity index (χ1v) is 7.31. The largest absolute Gasteiger partial charge is 0.506 e. The molecule has 1 aromatic carbocycles. The van der Waals surface area contributed by atoms with Crippen LogP contribution in [-0.4, -0.2) is 22.8 Å². The second-order valence-electron chi connectivity index (χ2n) is 4.97. The molecule has 0 bridgehead atoms. The van der Waals surface area contributed by atoms with Gasteiger partial charge in [-0.05, 0) is 49.8 Å². The van der Waals surface area contributed by atoms with Gasteiger partial charge in [0.05, 0.1) is 11.6 Å². The molecule has 1 aliphatic rings. The van der Waals surface area contributed by atoms with Crippen LogP contribution in [0.1, 0.15) is 49.0 Å². The maximum Gasteiger partial charge on any atom is 0.339 e. The minimum atomic E-state index is -1.49. The Labute approximate surface area is 123 Å². The second kappa shape index (κ2) is 6.46. The number of aryl methyl sites for hydroxylation is 1. The highest BCUT2D eigenvalue weighted by Gasteiger charge is 2.28. The van der Waals surface area contributed by atoms with Crippen LogP contribution < -0.4 is 0 Å². The molecule has 110 valence electrons. The minimum Gasteiger partial charge on any atom is -0.506 e. The molecule has 0 amide bonds. The van der Waals surface area contributed by atoms with Crippen LogP contribution in [0.5, 0.6) is 5.75 Å². The zero-order chi connectivity index (χ0) is 14.7. The standard InChI is InChI=1S/C15H19ClO4/c1-2-20-15(19)14(18)12-10-7-5-3-4-6-9(10)8-11(16)13(12)17/h8,14,17-18H,2-7H2,1H3. The van der Waals surface area contributed by atoms with Crippen molar-refractivity contribution in [3.63, 3.8) is 0 Å². The van der Waals surface area contributed by atoms with Gasteiger partial charge in [0.2, 0.25) is 0 Å². The van der Waals surface area contributed by atoms with Gasteiger partial charge in [-0.3, -0.25) is 0 Å². The molecule has 4 nitrogen and oxygen atoms in total. The van der Waals surface area contributed by atoms with E-state index >= 15 is 0 Å². The van der Waals surface area contributed by atoms with E-state index in [1.165, 1.54) is 0 Å². The summed E-state index contributed by atoms with van der Waals surface area (Å²) in [6.07, 6.45) is 3.19. The molecular formula is C15H19ClO4. The summed E-state index contributed by atoms with van der Waals surface area (Å²) in [6, 6.07) is 1.74. The van der Waals surface area contributed by atoms with E-state index in [0.717, 1.165) is 43.2 Å². The van der Waals surface area contributed by atoms with Gasteiger partial charge in [0, 0.05) is 5.56 Å². The smallest absolute Gasteiger partial charge is 0.339 e. The minimum absolute atomic E-state index is 0.170. The number of halogens is 1. The van der Waals surface area contributed by atoms with Crippen LogP contribution in [0, 0.1) is 0 Å². The number of carbonyl (C=O) groups is 1. The number of carbonyl (C=O) groups excluding carboxylic acids is 1. The van der Waals surface area contributed by atoms with Crippen molar-refractivity contribution in [3.8, 4) is 5.75 Å². The predicted molar refractivity (Wildman–Crippen MR) is 76.0 cm³/mol. The molecule has 0 heterocycles. The Morgan fingerprint density at radius 2 is 2.10 bits per heavy atom. The van der Waals surface area contributed by atoms with Crippen molar-refractivity contribution < 1.29 is 19.7 Å². The zero-order valence-corrected chi connectivity index (χ0v) is 12.2. The van der Waals surface area contributed by atoms with E-state index in [2.05, 4.69) is 0 Å². The van der Waals surface area contributed by atoms with Crippen LogP contribution in [0.2, 0.25) is 5.02 Å². The average Bonchev–Trinajstić information content (AvgIpc) is 2.65.